The molecule has 1 heterocycles. The van der Waals surface area contributed by atoms with Crippen LogP contribution in [0.1, 0.15) is 17.3 Å². The Labute approximate surface area is 152 Å². The van der Waals surface area contributed by atoms with E-state index < -0.39 is 0 Å². The quantitative estimate of drug-likeness (QED) is 0.809. The van der Waals surface area contributed by atoms with Gasteiger partial charge in [-0.2, -0.15) is 0 Å². The lowest BCUT2D eigenvalue weighted by atomic mass is 10.2. The summed E-state index contributed by atoms with van der Waals surface area (Å²) in [7, 11) is 0. The average Bonchev–Trinajstić information content (AvgIpc) is 3.13. The zero-order valence-electron chi connectivity index (χ0n) is 14.4. The van der Waals surface area contributed by atoms with Crippen LogP contribution < -0.4 is 24.3 Å². The maximum atomic E-state index is 12.2. The molecule has 0 aromatic heterocycles. The van der Waals surface area contributed by atoms with Crippen molar-refractivity contribution in [1.29, 1.82) is 0 Å². The van der Waals surface area contributed by atoms with Gasteiger partial charge in [-0.3, -0.25) is 4.79 Å². The number of rotatable bonds is 6. The van der Waals surface area contributed by atoms with Crippen LogP contribution in [0.25, 0.3) is 0 Å². The summed E-state index contributed by atoms with van der Waals surface area (Å²) < 4.78 is 21.5. The number of para-hydroxylation sites is 1. The first-order valence-electron chi connectivity index (χ1n) is 8.26. The van der Waals surface area contributed by atoms with Crippen LogP contribution in [0.3, 0.4) is 0 Å². The van der Waals surface area contributed by atoms with E-state index in [0.29, 0.717) is 35.2 Å². The Bertz CT molecular complexity index is 838. The monoisotopic (exact) mass is 353 g/mol. The summed E-state index contributed by atoms with van der Waals surface area (Å²) in [5.74, 6) is 8.07. The minimum atomic E-state index is -0.222. The van der Waals surface area contributed by atoms with Crippen molar-refractivity contribution in [3.8, 4) is 34.8 Å². The molecule has 1 aliphatic heterocycles. The number of benzene rings is 2. The van der Waals surface area contributed by atoms with Gasteiger partial charge in [0.15, 0.2) is 11.5 Å². The fourth-order valence-electron chi connectivity index (χ4n) is 2.35. The smallest absolute Gasteiger partial charge is 0.255 e. The van der Waals surface area contributed by atoms with E-state index in [1.54, 1.807) is 36.4 Å². The van der Waals surface area contributed by atoms with Crippen LogP contribution in [0.15, 0.2) is 42.5 Å². The van der Waals surface area contributed by atoms with Crippen molar-refractivity contribution in [3.63, 3.8) is 0 Å². The molecule has 1 N–H and O–H groups in total. The van der Waals surface area contributed by atoms with Gasteiger partial charge in [-0.15, -0.1) is 0 Å². The lowest BCUT2D eigenvalue weighted by molar-refractivity contribution is 0.0955. The predicted octanol–water partition coefficient (Wildman–Crippen LogP) is 2.63. The summed E-state index contributed by atoms with van der Waals surface area (Å²) >= 11 is 0. The number of nitrogens with one attached hydrogen (secondary N) is 1. The van der Waals surface area contributed by atoms with E-state index in [2.05, 4.69) is 17.2 Å². The van der Waals surface area contributed by atoms with E-state index >= 15 is 0 Å². The van der Waals surface area contributed by atoms with Gasteiger partial charge in [0.05, 0.1) is 18.7 Å². The molecule has 0 unspecified atom stereocenters. The number of ether oxygens (including phenoxy) is 4. The number of hydrogen-bond donors (Lipinski definition) is 1. The van der Waals surface area contributed by atoms with Gasteiger partial charge >= 0.3 is 0 Å². The Morgan fingerprint density at radius 3 is 2.85 bits per heavy atom. The van der Waals surface area contributed by atoms with Crippen molar-refractivity contribution in [1.82, 2.24) is 5.32 Å². The topological polar surface area (TPSA) is 66.0 Å². The van der Waals surface area contributed by atoms with E-state index in [4.69, 9.17) is 18.9 Å². The second-order valence-electron chi connectivity index (χ2n) is 5.27. The van der Waals surface area contributed by atoms with E-state index in [1.165, 1.54) is 0 Å². The molecule has 0 radical (unpaired) electrons. The number of amides is 1. The van der Waals surface area contributed by atoms with E-state index in [9.17, 15) is 4.79 Å². The summed E-state index contributed by atoms with van der Waals surface area (Å²) in [6.45, 7) is 3.04. The van der Waals surface area contributed by atoms with Gasteiger partial charge in [0.1, 0.15) is 18.1 Å². The van der Waals surface area contributed by atoms with Gasteiger partial charge in [-0.25, -0.2) is 0 Å². The molecule has 0 bridgehead atoms. The van der Waals surface area contributed by atoms with Gasteiger partial charge in [-0.05, 0) is 31.2 Å². The van der Waals surface area contributed by atoms with Crippen LogP contribution in [0.4, 0.5) is 0 Å². The second kappa shape index (κ2) is 8.67. The number of hydrogen-bond acceptors (Lipinski definition) is 5. The first-order valence-corrected chi connectivity index (χ1v) is 8.26. The molecule has 26 heavy (non-hydrogen) atoms. The van der Waals surface area contributed by atoms with Crippen LogP contribution in [-0.2, 0) is 0 Å². The lowest BCUT2D eigenvalue weighted by Gasteiger charge is -2.08. The van der Waals surface area contributed by atoms with E-state index in [0.717, 1.165) is 0 Å². The van der Waals surface area contributed by atoms with Crippen LogP contribution in [-0.4, -0.2) is 32.5 Å². The molecule has 6 heteroatoms. The molecule has 6 nitrogen and oxygen atoms in total. The molecular weight excluding hydrogens is 334 g/mol. The molecule has 1 amide bonds. The van der Waals surface area contributed by atoms with Gasteiger partial charge in [0.2, 0.25) is 6.79 Å². The molecule has 0 saturated carbocycles. The molecule has 0 atom stereocenters. The molecular formula is C20H19NO5. The first kappa shape index (κ1) is 17.5. The minimum Gasteiger partial charge on any atom is -0.493 e. The highest BCUT2D eigenvalue weighted by molar-refractivity contribution is 5.97. The maximum absolute atomic E-state index is 12.2. The Morgan fingerprint density at radius 1 is 1.12 bits per heavy atom. The number of carbonyl (C=O) groups excluding carboxylic acids is 1. The maximum Gasteiger partial charge on any atom is 0.255 e. The third-order valence-corrected chi connectivity index (χ3v) is 3.55. The molecule has 0 fully saturated rings. The Balaban J connectivity index is 1.45. The normalized spacial score (nSPS) is 11.3. The highest BCUT2D eigenvalue weighted by atomic mass is 16.7. The summed E-state index contributed by atoms with van der Waals surface area (Å²) in [4.78, 5) is 12.2. The van der Waals surface area contributed by atoms with Gasteiger partial charge in [0, 0.05) is 6.07 Å². The first-order chi connectivity index (χ1) is 12.8. The van der Waals surface area contributed by atoms with Crippen molar-refractivity contribution in [2.45, 2.75) is 6.92 Å². The molecule has 2 aromatic rings. The van der Waals surface area contributed by atoms with Crippen molar-refractivity contribution in [2.24, 2.45) is 0 Å². The molecule has 134 valence electrons. The Kier molecular flexibility index (Phi) is 5.84. The van der Waals surface area contributed by atoms with Crippen molar-refractivity contribution >= 4 is 5.91 Å². The zero-order valence-corrected chi connectivity index (χ0v) is 14.4. The molecule has 3 rings (SSSR count). The minimum absolute atomic E-state index is 0.213. The Morgan fingerprint density at radius 2 is 1.96 bits per heavy atom. The van der Waals surface area contributed by atoms with Gasteiger partial charge < -0.3 is 24.3 Å². The van der Waals surface area contributed by atoms with Crippen molar-refractivity contribution in [3.05, 3.63) is 48.0 Å². The molecule has 0 spiro atoms. The summed E-state index contributed by atoms with van der Waals surface area (Å²) in [5, 5.41) is 2.75. The fraction of sp³-hybridized carbons (Fsp3) is 0.250. The molecule has 2 aromatic carbocycles. The van der Waals surface area contributed by atoms with E-state index in [-0.39, 0.29) is 25.9 Å². The summed E-state index contributed by atoms with van der Waals surface area (Å²) in [6, 6.07) is 12.5. The van der Waals surface area contributed by atoms with Crippen LogP contribution in [0.5, 0.6) is 23.0 Å². The Hall–Kier alpha value is -3.33. The van der Waals surface area contributed by atoms with E-state index in [1.807, 2.05) is 13.0 Å². The second-order valence-corrected chi connectivity index (χ2v) is 5.27. The number of carbonyl (C=O) groups is 1. The zero-order chi connectivity index (χ0) is 18.2. The molecule has 1 aliphatic rings. The van der Waals surface area contributed by atoms with Crippen molar-refractivity contribution < 1.29 is 23.7 Å². The third kappa shape index (κ3) is 4.39. The summed E-state index contributed by atoms with van der Waals surface area (Å²) in [5.41, 5.74) is 0.493. The van der Waals surface area contributed by atoms with Crippen molar-refractivity contribution in [2.75, 3.05) is 26.6 Å². The SMILES string of the molecule is CCOc1ccccc1C(=O)NCC#CCOc1ccc2c(c1)OCO2. The predicted molar refractivity (Wildman–Crippen MR) is 95.8 cm³/mol. The standard InChI is InChI=1S/C20H19NO5/c1-2-23-17-8-4-3-7-16(17)20(22)21-11-5-6-12-24-15-9-10-18-19(13-15)26-14-25-18/h3-4,7-10,13H,2,11-12,14H2,1H3,(H,21,22). The third-order valence-electron chi connectivity index (χ3n) is 3.55. The highest BCUT2D eigenvalue weighted by Gasteiger charge is 2.13. The molecule has 0 saturated heterocycles. The van der Waals surface area contributed by atoms with Crippen LogP contribution in [0.2, 0.25) is 0 Å². The van der Waals surface area contributed by atoms with Crippen LogP contribution in [0, 0.1) is 11.8 Å². The number of fused-ring (bicyclic) bond motifs is 1. The molecule has 0 aliphatic carbocycles. The summed E-state index contributed by atoms with van der Waals surface area (Å²) in [6.07, 6.45) is 0. The highest BCUT2D eigenvalue weighted by Crippen LogP contribution is 2.34. The van der Waals surface area contributed by atoms with Gasteiger partial charge in [-0.1, -0.05) is 24.0 Å². The fourth-order valence-corrected chi connectivity index (χ4v) is 2.35. The average molecular weight is 353 g/mol. The lowest BCUT2D eigenvalue weighted by Crippen LogP contribution is -2.24. The largest absolute Gasteiger partial charge is 0.493 e. The van der Waals surface area contributed by atoms with Crippen LogP contribution >= 0.6 is 0 Å². The van der Waals surface area contributed by atoms with Gasteiger partial charge in [0.25, 0.3) is 5.91 Å².